The molecular weight excluding hydrogens is 428 g/mol. The van der Waals surface area contributed by atoms with Crippen molar-refractivity contribution < 1.29 is 4.79 Å². The van der Waals surface area contributed by atoms with Gasteiger partial charge in [-0.15, -0.1) is 0 Å². The van der Waals surface area contributed by atoms with Crippen LogP contribution in [0.5, 0.6) is 0 Å². The molecule has 2 aromatic heterocycles. The number of benzene rings is 1. The number of nitrogens with one attached hydrogen (secondary N) is 3. The van der Waals surface area contributed by atoms with Crippen LogP contribution >= 0.6 is 0 Å². The summed E-state index contributed by atoms with van der Waals surface area (Å²) >= 11 is 0. The normalized spacial score (nSPS) is 16.7. The van der Waals surface area contributed by atoms with E-state index < -0.39 is 0 Å². The van der Waals surface area contributed by atoms with E-state index in [-0.39, 0.29) is 11.8 Å². The highest BCUT2D eigenvalue weighted by atomic mass is 16.2. The topological polar surface area (TPSA) is 102 Å². The van der Waals surface area contributed by atoms with Gasteiger partial charge in [-0.3, -0.25) is 9.89 Å². The summed E-state index contributed by atoms with van der Waals surface area (Å²) in [6, 6.07) is 11.7. The van der Waals surface area contributed by atoms with Crippen LogP contribution in [0.2, 0.25) is 0 Å². The lowest BCUT2D eigenvalue weighted by Crippen LogP contribution is -2.44. The molecule has 0 radical (unpaired) electrons. The molecule has 34 heavy (non-hydrogen) atoms. The number of piperazine rings is 1. The van der Waals surface area contributed by atoms with Crippen molar-refractivity contribution in [1.82, 2.24) is 25.1 Å². The van der Waals surface area contributed by atoms with Crippen LogP contribution < -0.4 is 15.5 Å². The minimum Gasteiger partial charge on any atom is -0.354 e. The number of H-pyrrole nitrogens is 1. The fourth-order valence-corrected chi connectivity index (χ4v) is 3.88. The Balaban J connectivity index is 1.38. The largest absolute Gasteiger partial charge is 0.354 e. The Kier molecular flexibility index (Phi) is 6.27. The maximum absolute atomic E-state index is 12.1. The third kappa shape index (κ3) is 5.60. The molecule has 2 aliphatic rings. The Bertz CT molecular complexity index is 1190. The summed E-state index contributed by atoms with van der Waals surface area (Å²) in [5.41, 5.74) is 2.76. The molecule has 2 fully saturated rings. The number of likely N-dealkylation sites (N-methyl/N-ethyl adjacent to an activating group) is 1. The van der Waals surface area contributed by atoms with E-state index in [1.165, 1.54) is 0 Å². The smallest absolute Gasteiger partial charge is 0.227 e. The zero-order valence-corrected chi connectivity index (χ0v) is 19.6. The highest BCUT2D eigenvalue weighted by Gasteiger charge is 2.29. The molecule has 0 unspecified atom stereocenters. The first-order valence-electron chi connectivity index (χ1n) is 11.7. The fraction of sp³-hybridized carbons (Fsp3) is 0.360. The molecule has 9 nitrogen and oxygen atoms in total. The van der Waals surface area contributed by atoms with Crippen LogP contribution in [0.25, 0.3) is 12.2 Å². The second-order valence-electron chi connectivity index (χ2n) is 9.04. The number of hydrogen-bond acceptors (Lipinski definition) is 7. The molecule has 0 spiro atoms. The number of carbonyl (C=O) groups excluding carboxylic acids is 1. The molecule has 3 aromatic rings. The summed E-state index contributed by atoms with van der Waals surface area (Å²) in [6.07, 6.45) is 5.85. The Morgan fingerprint density at radius 1 is 1.06 bits per heavy atom. The highest BCUT2D eigenvalue weighted by molar-refractivity contribution is 5.94. The zero-order valence-electron chi connectivity index (χ0n) is 19.6. The van der Waals surface area contributed by atoms with Gasteiger partial charge < -0.3 is 20.4 Å². The van der Waals surface area contributed by atoms with E-state index in [9.17, 15) is 4.79 Å². The van der Waals surface area contributed by atoms with Gasteiger partial charge in [-0.05, 0) is 50.6 Å². The fourth-order valence-electron chi connectivity index (χ4n) is 3.88. The van der Waals surface area contributed by atoms with Crippen molar-refractivity contribution in [1.29, 1.82) is 0 Å². The van der Waals surface area contributed by atoms with Crippen LogP contribution in [0.4, 0.5) is 23.1 Å². The van der Waals surface area contributed by atoms with E-state index in [1.54, 1.807) is 0 Å². The third-order valence-corrected chi connectivity index (χ3v) is 6.05. The first-order chi connectivity index (χ1) is 16.5. The first kappa shape index (κ1) is 22.1. The van der Waals surface area contributed by atoms with Gasteiger partial charge in [-0.2, -0.15) is 5.10 Å². The Labute approximate surface area is 199 Å². The zero-order chi connectivity index (χ0) is 23.5. The second kappa shape index (κ2) is 9.64. The average Bonchev–Trinajstić information content (AvgIpc) is 3.61. The van der Waals surface area contributed by atoms with Crippen LogP contribution in [0.15, 0.2) is 36.4 Å². The summed E-state index contributed by atoms with van der Waals surface area (Å²) in [4.78, 5) is 26.2. The SMILES string of the molecule is Cc1cc(Nc2cc(N3CCN(C)CC3)nc(/C=C/c3cccc(NC(=O)C4CC4)c3)n2)n[nH]1. The number of nitrogens with zero attached hydrogens (tertiary/aromatic N) is 5. The summed E-state index contributed by atoms with van der Waals surface area (Å²) in [6.45, 7) is 5.79. The van der Waals surface area contributed by atoms with Crippen molar-refractivity contribution in [2.45, 2.75) is 19.8 Å². The molecule has 1 amide bonds. The predicted octanol–water partition coefficient (Wildman–Crippen LogP) is 3.52. The molecule has 176 valence electrons. The monoisotopic (exact) mass is 458 g/mol. The number of carbonyl (C=O) groups is 1. The van der Waals surface area contributed by atoms with Gasteiger partial charge in [-0.1, -0.05) is 18.2 Å². The molecular formula is C25H30N8O. The molecule has 1 saturated heterocycles. The van der Waals surface area contributed by atoms with Gasteiger partial charge in [0, 0.05) is 55.6 Å². The second-order valence-corrected chi connectivity index (χ2v) is 9.04. The molecule has 9 heteroatoms. The van der Waals surface area contributed by atoms with E-state index in [2.05, 4.69) is 37.7 Å². The molecule has 1 aromatic carbocycles. The lowest BCUT2D eigenvalue weighted by molar-refractivity contribution is -0.117. The van der Waals surface area contributed by atoms with E-state index in [0.717, 1.165) is 67.6 Å². The summed E-state index contributed by atoms with van der Waals surface area (Å²) in [5.74, 6) is 3.19. The number of amides is 1. The highest BCUT2D eigenvalue weighted by Crippen LogP contribution is 2.30. The van der Waals surface area contributed by atoms with E-state index in [1.807, 2.05) is 55.5 Å². The van der Waals surface area contributed by atoms with Gasteiger partial charge in [0.1, 0.15) is 11.6 Å². The molecule has 0 atom stereocenters. The van der Waals surface area contributed by atoms with Gasteiger partial charge in [-0.25, -0.2) is 9.97 Å². The van der Waals surface area contributed by atoms with Crippen molar-refractivity contribution in [3.8, 4) is 0 Å². The lowest BCUT2D eigenvalue weighted by atomic mass is 10.2. The van der Waals surface area contributed by atoms with Crippen molar-refractivity contribution in [2.24, 2.45) is 5.92 Å². The Morgan fingerprint density at radius 3 is 2.62 bits per heavy atom. The standard InChI is InChI=1S/C25H30N8O/c1-17-14-23(31-30-17)28-22-16-24(33-12-10-32(2)11-13-33)29-21(27-22)9-6-18-4-3-5-20(15-18)26-25(34)19-7-8-19/h3-6,9,14-16,19H,7-8,10-13H2,1-2H3,(H,26,34)(H2,27,28,29,30,31)/b9-6+. The minimum absolute atomic E-state index is 0.105. The molecule has 3 heterocycles. The predicted molar refractivity (Wildman–Crippen MR) is 135 cm³/mol. The lowest BCUT2D eigenvalue weighted by Gasteiger charge is -2.33. The minimum atomic E-state index is 0.105. The molecule has 1 aliphatic heterocycles. The van der Waals surface area contributed by atoms with Crippen LogP contribution in [0, 0.1) is 12.8 Å². The molecule has 1 saturated carbocycles. The van der Waals surface area contributed by atoms with Crippen LogP contribution in [-0.4, -0.2) is 64.2 Å². The van der Waals surface area contributed by atoms with Crippen molar-refractivity contribution in [3.63, 3.8) is 0 Å². The van der Waals surface area contributed by atoms with E-state index in [4.69, 9.17) is 9.97 Å². The molecule has 5 rings (SSSR count). The number of aromatic nitrogens is 4. The molecule has 1 aliphatic carbocycles. The van der Waals surface area contributed by atoms with Crippen LogP contribution in [0.1, 0.15) is 29.9 Å². The summed E-state index contributed by atoms with van der Waals surface area (Å²) in [5, 5.41) is 13.5. The molecule has 0 bridgehead atoms. The van der Waals surface area contributed by atoms with Crippen molar-refractivity contribution in [2.75, 3.05) is 48.8 Å². The van der Waals surface area contributed by atoms with Gasteiger partial charge in [0.15, 0.2) is 11.6 Å². The number of hydrogen-bond donors (Lipinski definition) is 3. The van der Waals surface area contributed by atoms with Crippen LogP contribution in [0.3, 0.4) is 0 Å². The van der Waals surface area contributed by atoms with Gasteiger partial charge in [0.2, 0.25) is 5.91 Å². The third-order valence-electron chi connectivity index (χ3n) is 6.05. The summed E-state index contributed by atoms with van der Waals surface area (Å²) in [7, 11) is 2.14. The summed E-state index contributed by atoms with van der Waals surface area (Å²) < 4.78 is 0. The Morgan fingerprint density at radius 2 is 1.88 bits per heavy atom. The quantitative estimate of drug-likeness (QED) is 0.498. The van der Waals surface area contributed by atoms with Gasteiger partial charge >= 0.3 is 0 Å². The average molecular weight is 459 g/mol. The Hall–Kier alpha value is -3.72. The maximum atomic E-state index is 12.1. The number of aryl methyl sites for hydroxylation is 1. The first-order valence-corrected chi connectivity index (χ1v) is 11.7. The molecule has 3 N–H and O–H groups in total. The number of anilines is 4. The van der Waals surface area contributed by atoms with Gasteiger partial charge in [0.05, 0.1) is 0 Å². The van der Waals surface area contributed by atoms with Crippen molar-refractivity contribution in [3.05, 3.63) is 53.5 Å². The maximum Gasteiger partial charge on any atom is 0.227 e. The van der Waals surface area contributed by atoms with Crippen LogP contribution in [-0.2, 0) is 4.79 Å². The number of aromatic amines is 1. The van der Waals surface area contributed by atoms with E-state index >= 15 is 0 Å². The van der Waals surface area contributed by atoms with Gasteiger partial charge in [0.25, 0.3) is 0 Å². The van der Waals surface area contributed by atoms with Crippen molar-refractivity contribution >= 4 is 41.2 Å². The number of rotatable bonds is 7. The van der Waals surface area contributed by atoms with E-state index in [0.29, 0.717) is 11.6 Å².